The third-order valence-corrected chi connectivity index (χ3v) is 3.47. The summed E-state index contributed by atoms with van der Waals surface area (Å²) in [6.07, 6.45) is 1.51. The Bertz CT molecular complexity index is 552. The van der Waals surface area contributed by atoms with Crippen molar-refractivity contribution >= 4 is 11.3 Å². The minimum Gasteiger partial charge on any atom is -0.323 e. The third kappa shape index (κ3) is 2.18. The number of aromatic nitrogens is 1. The van der Waals surface area contributed by atoms with E-state index in [9.17, 15) is 13.2 Å². The fraction of sp³-hybridized carbons (Fsp3) is 0.182. The molecule has 2 rings (SSSR count). The SMILES string of the molecule is CC(N)c1cnc(-c2ccc(F)c(F)c2F)s1. The highest BCUT2D eigenvalue weighted by Crippen LogP contribution is 2.31. The summed E-state index contributed by atoms with van der Waals surface area (Å²) in [4.78, 5) is 4.70. The van der Waals surface area contributed by atoms with Crippen molar-refractivity contribution in [2.45, 2.75) is 13.0 Å². The van der Waals surface area contributed by atoms with E-state index in [0.717, 1.165) is 28.3 Å². The van der Waals surface area contributed by atoms with Crippen LogP contribution in [0.4, 0.5) is 13.2 Å². The molecule has 90 valence electrons. The Hall–Kier alpha value is -1.40. The van der Waals surface area contributed by atoms with Crippen LogP contribution < -0.4 is 5.73 Å². The predicted molar refractivity (Wildman–Crippen MR) is 60.0 cm³/mol. The minimum absolute atomic E-state index is 0.0548. The number of halogens is 3. The molecule has 1 aromatic heterocycles. The van der Waals surface area contributed by atoms with Crippen LogP contribution in [0.3, 0.4) is 0 Å². The van der Waals surface area contributed by atoms with Crippen LogP contribution in [0.15, 0.2) is 18.3 Å². The van der Waals surface area contributed by atoms with Gasteiger partial charge in [0.1, 0.15) is 5.01 Å². The largest absolute Gasteiger partial charge is 0.323 e. The smallest absolute Gasteiger partial charge is 0.195 e. The van der Waals surface area contributed by atoms with Crippen molar-refractivity contribution in [3.63, 3.8) is 0 Å². The van der Waals surface area contributed by atoms with E-state index in [4.69, 9.17) is 5.73 Å². The first-order valence-corrected chi connectivity index (χ1v) is 5.67. The van der Waals surface area contributed by atoms with E-state index in [1.165, 1.54) is 6.20 Å². The van der Waals surface area contributed by atoms with E-state index in [2.05, 4.69) is 4.98 Å². The second-order valence-corrected chi connectivity index (χ2v) is 4.64. The first-order valence-electron chi connectivity index (χ1n) is 4.86. The molecule has 1 unspecified atom stereocenters. The van der Waals surface area contributed by atoms with Gasteiger partial charge in [0.15, 0.2) is 17.5 Å². The van der Waals surface area contributed by atoms with Gasteiger partial charge in [-0.25, -0.2) is 18.2 Å². The molecule has 0 radical (unpaired) electrons. The number of hydrogen-bond acceptors (Lipinski definition) is 3. The molecule has 0 amide bonds. The van der Waals surface area contributed by atoms with Gasteiger partial charge in [0.25, 0.3) is 0 Å². The quantitative estimate of drug-likeness (QED) is 0.840. The van der Waals surface area contributed by atoms with Crippen molar-refractivity contribution in [1.82, 2.24) is 4.98 Å². The molecule has 0 spiro atoms. The van der Waals surface area contributed by atoms with Gasteiger partial charge < -0.3 is 5.73 Å². The molecular formula is C11H9F3N2S. The molecule has 0 aliphatic heterocycles. The van der Waals surface area contributed by atoms with Crippen molar-refractivity contribution in [2.24, 2.45) is 5.73 Å². The molecule has 0 saturated heterocycles. The topological polar surface area (TPSA) is 38.9 Å². The van der Waals surface area contributed by atoms with E-state index in [1.54, 1.807) is 6.92 Å². The number of hydrogen-bond donors (Lipinski definition) is 1. The molecule has 0 saturated carbocycles. The van der Waals surface area contributed by atoms with Crippen molar-refractivity contribution in [2.75, 3.05) is 0 Å². The van der Waals surface area contributed by atoms with Crippen molar-refractivity contribution in [1.29, 1.82) is 0 Å². The minimum atomic E-state index is -1.49. The predicted octanol–water partition coefficient (Wildman–Crippen LogP) is 3.25. The molecule has 2 aromatic rings. The second kappa shape index (κ2) is 4.46. The maximum Gasteiger partial charge on any atom is 0.195 e. The van der Waals surface area contributed by atoms with Crippen LogP contribution in [0, 0.1) is 17.5 Å². The Labute approximate surface area is 99.9 Å². The summed E-state index contributed by atoms with van der Waals surface area (Å²) in [5, 5.41) is 0.286. The molecule has 6 heteroatoms. The monoisotopic (exact) mass is 258 g/mol. The number of nitrogens with two attached hydrogens (primary N) is 1. The summed E-state index contributed by atoms with van der Waals surface area (Å²) in [6, 6.07) is 1.81. The molecule has 0 fully saturated rings. The van der Waals surface area contributed by atoms with Gasteiger partial charge >= 0.3 is 0 Å². The lowest BCUT2D eigenvalue weighted by atomic mass is 10.2. The summed E-state index contributed by atoms with van der Waals surface area (Å²) in [5.41, 5.74) is 5.58. The number of benzene rings is 1. The highest BCUT2D eigenvalue weighted by Gasteiger charge is 2.17. The lowest BCUT2D eigenvalue weighted by Gasteiger charge is -2.01. The molecule has 1 atom stereocenters. The van der Waals surface area contributed by atoms with Crippen LogP contribution in [0.25, 0.3) is 10.6 Å². The zero-order chi connectivity index (χ0) is 12.6. The Balaban J connectivity index is 2.49. The van der Waals surface area contributed by atoms with E-state index >= 15 is 0 Å². The lowest BCUT2D eigenvalue weighted by molar-refractivity contribution is 0.449. The third-order valence-electron chi connectivity index (χ3n) is 2.24. The van der Waals surface area contributed by atoms with Gasteiger partial charge in [0.2, 0.25) is 0 Å². The van der Waals surface area contributed by atoms with Gasteiger partial charge in [0, 0.05) is 22.7 Å². The standard InChI is InChI=1S/C11H9F3N2S/c1-5(15)8-4-16-11(17-8)6-2-3-7(12)10(14)9(6)13/h2-5H,15H2,1H3. The summed E-state index contributed by atoms with van der Waals surface area (Å²) in [5.74, 6) is -3.93. The highest BCUT2D eigenvalue weighted by molar-refractivity contribution is 7.15. The van der Waals surface area contributed by atoms with Crippen LogP contribution >= 0.6 is 11.3 Å². The average Bonchev–Trinajstić information content (AvgIpc) is 2.75. The number of thiazole rings is 1. The molecular weight excluding hydrogens is 249 g/mol. The highest BCUT2D eigenvalue weighted by atomic mass is 32.1. The molecule has 0 aliphatic rings. The zero-order valence-corrected chi connectivity index (χ0v) is 9.69. The molecule has 0 aliphatic carbocycles. The summed E-state index contributed by atoms with van der Waals surface area (Å²) in [6.45, 7) is 1.76. The molecule has 1 heterocycles. The maximum atomic E-state index is 13.5. The van der Waals surface area contributed by atoms with Crippen LogP contribution in [-0.4, -0.2) is 4.98 Å². The molecule has 2 N–H and O–H groups in total. The van der Waals surface area contributed by atoms with Gasteiger partial charge in [0.05, 0.1) is 0 Å². The fourth-order valence-corrected chi connectivity index (χ4v) is 2.20. The van der Waals surface area contributed by atoms with Gasteiger partial charge in [-0.3, -0.25) is 0 Å². The maximum absolute atomic E-state index is 13.5. The number of nitrogens with zero attached hydrogens (tertiary/aromatic N) is 1. The molecule has 17 heavy (non-hydrogen) atoms. The van der Waals surface area contributed by atoms with E-state index in [0.29, 0.717) is 0 Å². The van der Waals surface area contributed by atoms with Gasteiger partial charge in [-0.15, -0.1) is 11.3 Å². The van der Waals surface area contributed by atoms with Crippen molar-refractivity contribution in [3.8, 4) is 10.6 Å². The Kier molecular flexibility index (Phi) is 3.17. The zero-order valence-electron chi connectivity index (χ0n) is 8.88. The lowest BCUT2D eigenvalue weighted by Crippen LogP contribution is -2.01. The van der Waals surface area contributed by atoms with E-state index < -0.39 is 17.5 Å². The van der Waals surface area contributed by atoms with Crippen molar-refractivity contribution < 1.29 is 13.2 Å². The Morgan fingerprint density at radius 2 is 1.94 bits per heavy atom. The normalized spacial score (nSPS) is 12.8. The number of rotatable bonds is 2. The van der Waals surface area contributed by atoms with Crippen LogP contribution in [0.1, 0.15) is 17.8 Å². The van der Waals surface area contributed by atoms with Crippen LogP contribution in [0.5, 0.6) is 0 Å². The van der Waals surface area contributed by atoms with Gasteiger partial charge in [-0.05, 0) is 19.1 Å². The molecule has 0 bridgehead atoms. The van der Waals surface area contributed by atoms with Gasteiger partial charge in [-0.1, -0.05) is 0 Å². The average molecular weight is 258 g/mol. The van der Waals surface area contributed by atoms with Crippen molar-refractivity contribution in [3.05, 3.63) is 40.7 Å². The molecule has 1 aromatic carbocycles. The summed E-state index contributed by atoms with van der Waals surface area (Å²) < 4.78 is 39.3. The Morgan fingerprint density at radius 3 is 2.53 bits per heavy atom. The van der Waals surface area contributed by atoms with Crippen LogP contribution in [0.2, 0.25) is 0 Å². The van der Waals surface area contributed by atoms with E-state index in [1.807, 2.05) is 0 Å². The van der Waals surface area contributed by atoms with Crippen LogP contribution in [-0.2, 0) is 0 Å². The van der Waals surface area contributed by atoms with Gasteiger partial charge in [-0.2, -0.15) is 0 Å². The first-order chi connectivity index (χ1) is 8.00. The Morgan fingerprint density at radius 1 is 1.24 bits per heavy atom. The fourth-order valence-electron chi connectivity index (χ4n) is 1.31. The summed E-state index contributed by atoms with van der Waals surface area (Å²) >= 11 is 1.16. The summed E-state index contributed by atoms with van der Waals surface area (Å²) in [7, 11) is 0. The second-order valence-electron chi connectivity index (χ2n) is 3.58. The molecule has 2 nitrogen and oxygen atoms in total. The first kappa shape index (κ1) is 12.1. The van der Waals surface area contributed by atoms with E-state index in [-0.39, 0.29) is 16.6 Å².